The van der Waals surface area contributed by atoms with Crippen molar-refractivity contribution in [3.05, 3.63) is 47.8 Å². The molecule has 0 bridgehead atoms. The smallest absolute Gasteiger partial charge is 0.394 e. The van der Waals surface area contributed by atoms with E-state index >= 15 is 0 Å². The average molecular weight is 371 g/mol. The highest BCUT2D eigenvalue weighted by Gasteiger charge is 2.37. The third-order valence-corrected chi connectivity index (χ3v) is 3.08. The molecule has 1 atom stereocenters. The number of alkyl halides is 3. The lowest BCUT2D eigenvalue weighted by Gasteiger charge is -2.09. The number of rotatable bonds is 4. The first kappa shape index (κ1) is 19.4. The summed E-state index contributed by atoms with van der Waals surface area (Å²) in [7, 11) is 0. The number of carbonyl (C=O) groups is 1. The van der Waals surface area contributed by atoms with Gasteiger partial charge in [-0.25, -0.2) is 9.37 Å². The lowest BCUT2D eigenvalue weighted by atomic mass is 10.3. The zero-order valence-corrected chi connectivity index (χ0v) is 13.1. The number of benzene rings is 1. The van der Waals surface area contributed by atoms with E-state index in [4.69, 9.17) is 10.2 Å². The molecule has 6 nitrogen and oxygen atoms in total. The third kappa shape index (κ3) is 5.05. The summed E-state index contributed by atoms with van der Waals surface area (Å²) in [5.74, 6) is 1.48. The van der Waals surface area contributed by atoms with Gasteiger partial charge in [0.1, 0.15) is 11.5 Å². The number of hydrogen-bond donors (Lipinski definition) is 3. The number of nitrogens with zero attached hydrogens (tertiary/aromatic N) is 2. The Labute approximate surface area is 145 Å². The van der Waals surface area contributed by atoms with Crippen molar-refractivity contribution in [2.24, 2.45) is 0 Å². The minimum Gasteiger partial charge on any atom is -0.394 e. The Morgan fingerprint density at radius 3 is 2.54 bits per heavy atom. The summed E-state index contributed by atoms with van der Waals surface area (Å²) in [6, 6.07) is 4.29. The highest BCUT2D eigenvalue weighted by atomic mass is 19.4. The number of carbonyl (C=O) groups excluding carboxylic acids is 1. The van der Waals surface area contributed by atoms with Gasteiger partial charge in [0.15, 0.2) is 0 Å². The zero-order chi connectivity index (χ0) is 19.3. The summed E-state index contributed by atoms with van der Waals surface area (Å²) < 4.78 is 53.1. The van der Waals surface area contributed by atoms with Crippen LogP contribution in [0.15, 0.2) is 30.5 Å². The van der Waals surface area contributed by atoms with Gasteiger partial charge < -0.3 is 15.5 Å². The minimum atomic E-state index is -4.79. The molecule has 0 radical (unpaired) electrons. The fourth-order valence-corrected chi connectivity index (χ4v) is 1.88. The van der Waals surface area contributed by atoms with Crippen LogP contribution in [-0.4, -0.2) is 44.9 Å². The second-order valence-corrected chi connectivity index (χ2v) is 5.09. The first-order chi connectivity index (χ1) is 12.2. The summed E-state index contributed by atoms with van der Waals surface area (Å²) in [6.45, 7) is -0.827. The first-order valence-corrected chi connectivity index (χ1v) is 7.22. The molecule has 3 N–H and O–H groups in total. The van der Waals surface area contributed by atoms with Crippen LogP contribution in [0.25, 0.3) is 5.69 Å². The standard InChI is InChI=1S/C16H13F4N3O3/c17-10-1-4-12(5-2-10)23-8-11(22-15(23)16(18,19)20)3-6-14(26)21-7-13(25)9-24/h1-2,4-5,8,13,24-25H,7,9H2,(H,21,26)/t13-/m0/s1. The molecular formula is C16H13F4N3O3. The Kier molecular flexibility index (Phi) is 5.97. The van der Waals surface area contributed by atoms with Crippen LogP contribution in [0.2, 0.25) is 0 Å². The van der Waals surface area contributed by atoms with Gasteiger partial charge in [0, 0.05) is 24.3 Å². The number of hydrogen-bond acceptors (Lipinski definition) is 4. The number of aliphatic hydroxyl groups excluding tert-OH is 2. The van der Waals surface area contributed by atoms with Gasteiger partial charge in [0.05, 0.1) is 12.7 Å². The maximum atomic E-state index is 13.1. The molecular weight excluding hydrogens is 358 g/mol. The molecule has 0 aliphatic carbocycles. The van der Waals surface area contributed by atoms with Crippen LogP contribution >= 0.6 is 0 Å². The van der Waals surface area contributed by atoms with Crippen LogP contribution in [0.1, 0.15) is 11.5 Å². The third-order valence-electron chi connectivity index (χ3n) is 3.08. The molecule has 0 aliphatic rings. The molecule has 138 valence electrons. The number of aliphatic hydroxyl groups is 2. The van der Waals surface area contributed by atoms with Crippen molar-refractivity contribution in [1.29, 1.82) is 0 Å². The lowest BCUT2D eigenvalue weighted by molar-refractivity contribution is -0.146. The molecule has 0 fully saturated rings. The molecule has 2 aromatic rings. The van der Waals surface area contributed by atoms with E-state index in [1.54, 1.807) is 0 Å². The molecule has 0 saturated carbocycles. The van der Waals surface area contributed by atoms with Crippen LogP contribution in [0.3, 0.4) is 0 Å². The number of imidazole rings is 1. The number of nitrogens with one attached hydrogen (secondary N) is 1. The maximum Gasteiger partial charge on any atom is 0.450 e. The van der Waals surface area contributed by atoms with Crippen LogP contribution < -0.4 is 5.32 Å². The maximum absolute atomic E-state index is 13.1. The van der Waals surface area contributed by atoms with E-state index in [1.807, 2.05) is 5.92 Å². The van der Waals surface area contributed by atoms with Crippen LogP contribution in [-0.2, 0) is 11.0 Å². The summed E-state index contributed by atoms with van der Waals surface area (Å²) in [5.41, 5.74) is -0.297. The Morgan fingerprint density at radius 2 is 1.96 bits per heavy atom. The molecule has 10 heteroatoms. The Bertz CT molecular complexity index is 835. The highest BCUT2D eigenvalue weighted by molar-refractivity contribution is 5.93. The normalized spacial score (nSPS) is 12.2. The second-order valence-electron chi connectivity index (χ2n) is 5.09. The molecule has 1 aromatic heterocycles. The van der Waals surface area contributed by atoms with E-state index in [0.717, 1.165) is 30.5 Å². The predicted octanol–water partition coefficient (Wildman–Crippen LogP) is 0.851. The molecule has 1 aromatic carbocycles. The second kappa shape index (κ2) is 7.99. The first-order valence-electron chi connectivity index (χ1n) is 7.22. The fraction of sp³-hybridized carbons (Fsp3) is 0.250. The Balaban J connectivity index is 2.28. The predicted molar refractivity (Wildman–Crippen MR) is 81.5 cm³/mol. The monoisotopic (exact) mass is 371 g/mol. The van der Waals surface area contributed by atoms with Crippen LogP contribution in [0.4, 0.5) is 17.6 Å². The van der Waals surface area contributed by atoms with E-state index in [2.05, 4.69) is 16.2 Å². The van der Waals surface area contributed by atoms with Crippen LogP contribution in [0, 0.1) is 17.7 Å². The topological polar surface area (TPSA) is 87.4 Å². The lowest BCUT2D eigenvalue weighted by Crippen LogP contribution is -2.33. The van der Waals surface area contributed by atoms with Crippen molar-refractivity contribution in [3.63, 3.8) is 0 Å². The van der Waals surface area contributed by atoms with Crippen molar-refractivity contribution >= 4 is 5.91 Å². The molecule has 0 unspecified atom stereocenters. The highest BCUT2D eigenvalue weighted by Crippen LogP contribution is 2.30. The molecule has 1 heterocycles. The van der Waals surface area contributed by atoms with E-state index in [0.29, 0.717) is 4.57 Å². The van der Waals surface area contributed by atoms with Crippen molar-refractivity contribution in [1.82, 2.24) is 14.9 Å². The Morgan fingerprint density at radius 1 is 1.31 bits per heavy atom. The quantitative estimate of drug-likeness (QED) is 0.549. The van der Waals surface area contributed by atoms with Crippen molar-refractivity contribution in [2.75, 3.05) is 13.2 Å². The van der Waals surface area contributed by atoms with Crippen LogP contribution in [0.5, 0.6) is 0 Å². The number of amides is 1. The summed E-state index contributed by atoms with van der Waals surface area (Å²) >= 11 is 0. The molecule has 2 rings (SSSR count). The van der Waals surface area contributed by atoms with Gasteiger partial charge in [-0.1, -0.05) is 0 Å². The van der Waals surface area contributed by atoms with Crippen molar-refractivity contribution in [3.8, 4) is 17.5 Å². The summed E-state index contributed by atoms with van der Waals surface area (Å²) in [5, 5.41) is 19.9. The minimum absolute atomic E-state index is 0.0230. The van der Waals surface area contributed by atoms with E-state index < -0.39 is 36.4 Å². The van der Waals surface area contributed by atoms with Gasteiger partial charge >= 0.3 is 6.18 Å². The van der Waals surface area contributed by atoms with E-state index in [1.165, 1.54) is 0 Å². The molecule has 0 spiro atoms. The molecule has 0 saturated heterocycles. The fourth-order valence-electron chi connectivity index (χ4n) is 1.88. The average Bonchev–Trinajstić information content (AvgIpc) is 3.03. The van der Waals surface area contributed by atoms with Gasteiger partial charge in [-0.05, 0) is 30.2 Å². The SMILES string of the molecule is O=C(C#Cc1cn(-c2ccc(F)cc2)c(C(F)(F)F)n1)NC[C@H](O)CO. The van der Waals surface area contributed by atoms with E-state index in [-0.39, 0.29) is 17.9 Å². The Hall–Kier alpha value is -2.90. The van der Waals surface area contributed by atoms with Gasteiger partial charge in [-0.3, -0.25) is 9.36 Å². The summed E-state index contributed by atoms with van der Waals surface area (Å²) in [4.78, 5) is 14.8. The molecule has 0 aliphatic heterocycles. The van der Waals surface area contributed by atoms with Gasteiger partial charge in [0.25, 0.3) is 5.91 Å². The van der Waals surface area contributed by atoms with Gasteiger partial charge in [0.2, 0.25) is 5.82 Å². The molecule has 26 heavy (non-hydrogen) atoms. The van der Waals surface area contributed by atoms with Crippen molar-refractivity contribution < 1.29 is 32.6 Å². The van der Waals surface area contributed by atoms with Gasteiger partial charge in [-0.15, -0.1) is 0 Å². The number of aromatic nitrogens is 2. The molecule has 1 amide bonds. The zero-order valence-electron chi connectivity index (χ0n) is 13.1. The largest absolute Gasteiger partial charge is 0.450 e. The number of halogens is 4. The van der Waals surface area contributed by atoms with Gasteiger partial charge in [-0.2, -0.15) is 13.2 Å². The van der Waals surface area contributed by atoms with Crippen molar-refractivity contribution in [2.45, 2.75) is 12.3 Å². The van der Waals surface area contributed by atoms with E-state index in [9.17, 15) is 22.4 Å². The summed E-state index contributed by atoms with van der Waals surface area (Å²) in [6.07, 6.45) is -4.99.